The van der Waals surface area contributed by atoms with Gasteiger partial charge in [-0.05, 0) is 37.0 Å². The highest BCUT2D eigenvalue weighted by Crippen LogP contribution is 2.24. The molecule has 0 radical (unpaired) electrons. The van der Waals surface area contributed by atoms with Gasteiger partial charge in [0.05, 0.1) is 0 Å². The summed E-state index contributed by atoms with van der Waals surface area (Å²) < 4.78 is 0. The molecule has 27 heavy (non-hydrogen) atoms. The van der Waals surface area contributed by atoms with Gasteiger partial charge in [-0.15, -0.1) is 0 Å². The minimum absolute atomic E-state index is 0.240. The fourth-order valence-corrected chi connectivity index (χ4v) is 3.22. The molecule has 0 aliphatic carbocycles. The summed E-state index contributed by atoms with van der Waals surface area (Å²) in [6.07, 6.45) is 5.11. The second-order valence-corrected chi connectivity index (χ2v) is 6.98. The van der Waals surface area contributed by atoms with Crippen LogP contribution in [0.25, 0.3) is 5.57 Å². The summed E-state index contributed by atoms with van der Waals surface area (Å²) >= 11 is 0. The number of hydrogen-bond donors (Lipinski definition) is 1. The molecule has 0 spiro atoms. The van der Waals surface area contributed by atoms with E-state index >= 15 is 0 Å². The van der Waals surface area contributed by atoms with Gasteiger partial charge >= 0.3 is 0 Å². The van der Waals surface area contributed by atoms with E-state index in [4.69, 9.17) is 0 Å². The van der Waals surface area contributed by atoms with E-state index in [0.29, 0.717) is 6.42 Å². The van der Waals surface area contributed by atoms with Crippen LogP contribution in [0.4, 0.5) is 0 Å². The minimum Gasteiger partial charge on any atom is -0.340 e. The molecule has 1 aromatic carbocycles. The van der Waals surface area contributed by atoms with E-state index in [1.165, 1.54) is 5.56 Å². The largest absolute Gasteiger partial charge is 0.340 e. The van der Waals surface area contributed by atoms with Crippen molar-refractivity contribution in [2.24, 2.45) is 10.1 Å². The molecule has 3 rings (SSSR count). The summed E-state index contributed by atoms with van der Waals surface area (Å²) in [6, 6.07) is 8.29. The van der Waals surface area contributed by atoms with Crippen molar-refractivity contribution in [2.75, 3.05) is 26.2 Å². The number of hydrazone groups is 1. The van der Waals surface area contributed by atoms with E-state index in [1.54, 1.807) is 5.01 Å². The summed E-state index contributed by atoms with van der Waals surface area (Å²) in [5.41, 5.74) is 4.30. The first-order valence-electron chi connectivity index (χ1n) is 9.35. The quantitative estimate of drug-likeness (QED) is 0.816. The van der Waals surface area contributed by atoms with Gasteiger partial charge in [0, 0.05) is 57.3 Å². The molecule has 2 aliphatic rings. The fraction of sp³-hybridized carbons (Fsp3) is 0.381. The number of hydrogen-bond acceptors (Lipinski definition) is 5. The third kappa shape index (κ3) is 4.71. The Kier molecular flexibility index (Phi) is 6.19. The second-order valence-electron chi connectivity index (χ2n) is 6.98. The normalized spacial score (nSPS) is 17.0. The molecule has 142 valence electrons. The highest BCUT2D eigenvalue weighted by Gasteiger charge is 2.16. The lowest BCUT2D eigenvalue weighted by Crippen LogP contribution is -2.46. The van der Waals surface area contributed by atoms with Gasteiger partial charge in [0.2, 0.25) is 5.91 Å². The van der Waals surface area contributed by atoms with Crippen LogP contribution in [-0.4, -0.2) is 54.9 Å². The number of nitrogens with zero attached hydrogens (tertiary/aromatic N) is 4. The Morgan fingerprint density at radius 3 is 2.56 bits per heavy atom. The standard InChI is InChI=1S/C21H27N5O/c1-16(2)21-24-14-19(15-26(21)22-3)18-7-4-17(5-8-18)6-9-20(27)25-12-10-23-11-13-25/h4-5,7-8,14-15,23H,3,6,9-13H2,1-2H3. The third-order valence-corrected chi connectivity index (χ3v) is 4.79. The van der Waals surface area contributed by atoms with E-state index in [2.05, 4.69) is 46.4 Å². The molecule has 1 N–H and O–H groups in total. The zero-order valence-electron chi connectivity index (χ0n) is 16.1. The maximum Gasteiger partial charge on any atom is 0.222 e. The highest BCUT2D eigenvalue weighted by molar-refractivity contribution is 6.10. The first kappa shape index (κ1) is 19.0. The van der Waals surface area contributed by atoms with Gasteiger partial charge in [0.15, 0.2) is 5.82 Å². The molecule has 2 aliphatic heterocycles. The van der Waals surface area contributed by atoms with Crippen LogP contribution in [0.15, 0.2) is 52.0 Å². The van der Waals surface area contributed by atoms with Gasteiger partial charge in [0.25, 0.3) is 0 Å². The Balaban J connectivity index is 1.62. The average molecular weight is 365 g/mol. The highest BCUT2D eigenvalue weighted by atomic mass is 16.2. The molecule has 2 heterocycles. The molecule has 0 atom stereocenters. The van der Waals surface area contributed by atoms with Crippen LogP contribution in [0.2, 0.25) is 0 Å². The second kappa shape index (κ2) is 8.77. The predicted octanol–water partition coefficient (Wildman–Crippen LogP) is 2.65. The lowest BCUT2D eigenvalue weighted by atomic mass is 10.0. The molecule has 1 saturated heterocycles. The topological polar surface area (TPSA) is 60.3 Å². The van der Waals surface area contributed by atoms with Crippen molar-refractivity contribution in [1.29, 1.82) is 0 Å². The van der Waals surface area contributed by atoms with Crippen LogP contribution in [0, 0.1) is 0 Å². The molecule has 1 aromatic rings. The van der Waals surface area contributed by atoms with Crippen LogP contribution in [0.3, 0.4) is 0 Å². The van der Waals surface area contributed by atoms with Crippen molar-refractivity contribution in [3.05, 3.63) is 53.0 Å². The predicted molar refractivity (Wildman–Crippen MR) is 110 cm³/mol. The van der Waals surface area contributed by atoms with E-state index in [9.17, 15) is 4.79 Å². The van der Waals surface area contributed by atoms with Gasteiger partial charge in [-0.25, -0.2) is 10.0 Å². The lowest BCUT2D eigenvalue weighted by Gasteiger charge is -2.27. The van der Waals surface area contributed by atoms with Crippen molar-refractivity contribution in [3.63, 3.8) is 0 Å². The van der Waals surface area contributed by atoms with Crippen LogP contribution in [-0.2, 0) is 11.2 Å². The Bertz CT molecular complexity index is 781. The zero-order chi connectivity index (χ0) is 19.2. The van der Waals surface area contributed by atoms with Gasteiger partial charge < -0.3 is 10.2 Å². The Labute approximate surface area is 161 Å². The molecular formula is C21H27N5O. The van der Waals surface area contributed by atoms with Gasteiger partial charge in [-0.1, -0.05) is 24.3 Å². The lowest BCUT2D eigenvalue weighted by molar-refractivity contribution is -0.131. The van der Waals surface area contributed by atoms with Crippen LogP contribution >= 0.6 is 0 Å². The van der Waals surface area contributed by atoms with Crippen LogP contribution in [0.5, 0.6) is 0 Å². The number of piperazine rings is 1. The van der Waals surface area contributed by atoms with Gasteiger partial charge in [-0.2, -0.15) is 5.10 Å². The average Bonchev–Trinajstić information content (AvgIpc) is 2.72. The number of carbonyl (C=O) groups is 1. The number of aliphatic imine (C=N–C) groups is 1. The van der Waals surface area contributed by atoms with E-state index in [0.717, 1.165) is 55.1 Å². The first-order valence-corrected chi connectivity index (χ1v) is 9.35. The molecule has 0 unspecified atom stereocenters. The summed E-state index contributed by atoms with van der Waals surface area (Å²) in [4.78, 5) is 18.7. The van der Waals surface area contributed by atoms with Crippen molar-refractivity contribution >= 4 is 24.4 Å². The Hall–Kier alpha value is -2.73. The summed E-state index contributed by atoms with van der Waals surface area (Å²) in [7, 11) is 0. The molecule has 6 nitrogen and oxygen atoms in total. The number of aryl methyl sites for hydroxylation is 1. The molecule has 1 amide bonds. The fourth-order valence-electron chi connectivity index (χ4n) is 3.22. The number of nitrogens with one attached hydrogen (secondary N) is 1. The maximum absolute atomic E-state index is 12.3. The van der Waals surface area contributed by atoms with Crippen molar-refractivity contribution in [3.8, 4) is 0 Å². The van der Waals surface area contributed by atoms with Crippen LogP contribution < -0.4 is 5.32 Å². The molecule has 0 saturated carbocycles. The minimum atomic E-state index is 0.240. The van der Waals surface area contributed by atoms with E-state index < -0.39 is 0 Å². The summed E-state index contributed by atoms with van der Waals surface area (Å²) in [6.45, 7) is 11.0. The molecule has 0 bridgehead atoms. The third-order valence-electron chi connectivity index (χ3n) is 4.79. The van der Waals surface area contributed by atoms with E-state index in [1.807, 2.05) is 31.2 Å². The molecular weight excluding hydrogens is 338 g/mol. The van der Waals surface area contributed by atoms with Crippen molar-refractivity contribution in [1.82, 2.24) is 15.2 Å². The van der Waals surface area contributed by atoms with Gasteiger partial charge in [0.1, 0.15) is 0 Å². The summed E-state index contributed by atoms with van der Waals surface area (Å²) in [5.74, 6) is 1.04. The summed E-state index contributed by atoms with van der Waals surface area (Å²) in [5, 5.41) is 8.99. The van der Waals surface area contributed by atoms with Crippen molar-refractivity contribution in [2.45, 2.75) is 26.7 Å². The smallest absolute Gasteiger partial charge is 0.222 e. The molecule has 1 fully saturated rings. The number of benzene rings is 1. The SMILES string of the molecule is C=NN1C=C(c2ccc(CCC(=O)N3CCNCC3)cc2)C=NC1=C(C)C. The number of amides is 1. The first-order chi connectivity index (χ1) is 13.1. The zero-order valence-corrected chi connectivity index (χ0v) is 16.1. The Morgan fingerprint density at radius 1 is 1.22 bits per heavy atom. The van der Waals surface area contributed by atoms with Crippen LogP contribution in [0.1, 0.15) is 31.4 Å². The number of carbonyl (C=O) groups excluding carboxylic acids is 1. The maximum atomic E-state index is 12.3. The van der Waals surface area contributed by atoms with Gasteiger partial charge in [-0.3, -0.25) is 4.79 Å². The number of rotatable bonds is 5. The van der Waals surface area contributed by atoms with Crippen molar-refractivity contribution < 1.29 is 4.79 Å². The number of allylic oxidation sites excluding steroid dienone is 2. The molecule has 0 aromatic heterocycles. The Morgan fingerprint density at radius 2 is 1.93 bits per heavy atom. The van der Waals surface area contributed by atoms with E-state index in [-0.39, 0.29) is 5.91 Å². The monoisotopic (exact) mass is 365 g/mol. The molecule has 6 heteroatoms.